The number of fused-ring (bicyclic) bond motifs is 1. The molecule has 0 unspecified atom stereocenters. The maximum atomic E-state index is 11.6. The normalized spacial score (nSPS) is 10.9. The fourth-order valence-corrected chi connectivity index (χ4v) is 2.32. The highest BCUT2D eigenvalue weighted by Gasteiger charge is 2.10. The van der Waals surface area contributed by atoms with Crippen molar-refractivity contribution < 1.29 is 9.90 Å². The fourth-order valence-electron chi connectivity index (χ4n) is 2.32. The molecule has 0 fully saturated rings. The first-order valence-electron chi connectivity index (χ1n) is 6.51. The van der Waals surface area contributed by atoms with E-state index in [2.05, 4.69) is 22.9 Å². The topological polar surface area (TPSA) is 45.5 Å². The third-order valence-corrected chi connectivity index (χ3v) is 3.45. The van der Waals surface area contributed by atoms with E-state index >= 15 is 0 Å². The summed E-state index contributed by atoms with van der Waals surface area (Å²) in [6.45, 7) is 0.588. The van der Waals surface area contributed by atoms with Gasteiger partial charge in [0.05, 0.1) is 6.61 Å². The van der Waals surface area contributed by atoms with E-state index in [0.717, 1.165) is 6.42 Å². The second kappa shape index (κ2) is 5.89. The van der Waals surface area contributed by atoms with E-state index in [4.69, 9.17) is 5.11 Å². The van der Waals surface area contributed by atoms with Crippen LogP contribution in [0.25, 0.3) is 10.9 Å². The van der Waals surface area contributed by atoms with Gasteiger partial charge < -0.3 is 14.6 Å². The highest BCUT2D eigenvalue weighted by molar-refractivity contribution is 5.84. The van der Waals surface area contributed by atoms with Crippen LogP contribution in [0.2, 0.25) is 0 Å². The number of aromatic nitrogens is 1. The second-order valence-electron chi connectivity index (χ2n) is 4.82. The highest BCUT2D eigenvalue weighted by atomic mass is 16.3. The molecule has 0 bridgehead atoms. The lowest BCUT2D eigenvalue weighted by atomic mass is 10.1. The SMILES string of the molecule is CN(CCc1cn(C)c2ccccc12)C(=O)CCO. The molecule has 19 heavy (non-hydrogen) atoms. The van der Waals surface area contributed by atoms with Crippen LogP contribution in [0.5, 0.6) is 0 Å². The molecular weight excluding hydrogens is 240 g/mol. The average molecular weight is 260 g/mol. The van der Waals surface area contributed by atoms with Crippen molar-refractivity contribution in [3.63, 3.8) is 0 Å². The summed E-state index contributed by atoms with van der Waals surface area (Å²) < 4.78 is 2.11. The molecule has 0 radical (unpaired) electrons. The van der Waals surface area contributed by atoms with E-state index < -0.39 is 0 Å². The zero-order chi connectivity index (χ0) is 13.8. The van der Waals surface area contributed by atoms with Crippen LogP contribution in [0.15, 0.2) is 30.5 Å². The zero-order valence-electron chi connectivity index (χ0n) is 11.5. The van der Waals surface area contributed by atoms with Crippen molar-refractivity contribution in [2.24, 2.45) is 7.05 Å². The summed E-state index contributed by atoms with van der Waals surface area (Å²) in [5, 5.41) is 10.0. The molecular formula is C15H20N2O2. The first kappa shape index (κ1) is 13.6. The van der Waals surface area contributed by atoms with Crippen molar-refractivity contribution in [1.82, 2.24) is 9.47 Å². The second-order valence-corrected chi connectivity index (χ2v) is 4.82. The number of carbonyl (C=O) groups is 1. The number of hydrogen-bond acceptors (Lipinski definition) is 2. The number of para-hydroxylation sites is 1. The van der Waals surface area contributed by atoms with Gasteiger partial charge in [0.2, 0.25) is 5.91 Å². The molecule has 0 aliphatic heterocycles. The summed E-state index contributed by atoms with van der Waals surface area (Å²) in [5.74, 6) is -0.0114. The Morgan fingerprint density at radius 1 is 1.37 bits per heavy atom. The number of aryl methyl sites for hydroxylation is 1. The third-order valence-electron chi connectivity index (χ3n) is 3.45. The molecule has 4 heteroatoms. The molecule has 0 spiro atoms. The Kier molecular flexibility index (Phi) is 4.22. The fraction of sp³-hybridized carbons (Fsp3) is 0.400. The van der Waals surface area contributed by atoms with Gasteiger partial charge in [-0.15, -0.1) is 0 Å². The minimum absolute atomic E-state index is 0.0114. The summed E-state index contributed by atoms with van der Waals surface area (Å²) in [4.78, 5) is 13.3. The van der Waals surface area contributed by atoms with Crippen molar-refractivity contribution in [1.29, 1.82) is 0 Å². The molecule has 0 aliphatic carbocycles. The first-order chi connectivity index (χ1) is 9.13. The summed E-state index contributed by atoms with van der Waals surface area (Å²) in [6, 6.07) is 8.27. The van der Waals surface area contributed by atoms with Crippen LogP contribution < -0.4 is 0 Å². The van der Waals surface area contributed by atoms with Crippen molar-refractivity contribution in [2.45, 2.75) is 12.8 Å². The van der Waals surface area contributed by atoms with E-state index in [0.29, 0.717) is 6.54 Å². The molecule has 1 heterocycles. The Morgan fingerprint density at radius 2 is 2.11 bits per heavy atom. The predicted molar refractivity (Wildman–Crippen MR) is 76.0 cm³/mol. The lowest BCUT2D eigenvalue weighted by molar-refractivity contribution is -0.130. The number of rotatable bonds is 5. The lowest BCUT2D eigenvalue weighted by Gasteiger charge is -2.16. The van der Waals surface area contributed by atoms with Gasteiger partial charge in [-0.25, -0.2) is 0 Å². The van der Waals surface area contributed by atoms with E-state index in [-0.39, 0.29) is 18.9 Å². The standard InChI is InChI=1S/C15H20N2O2/c1-16(15(19)8-10-18)9-7-12-11-17(2)14-6-4-3-5-13(12)14/h3-6,11,18H,7-10H2,1-2H3. The predicted octanol–water partition coefficient (Wildman–Crippen LogP) is 1.56. The van der Waals surface area contributed by atoms with Gasteiger partial charge in [0, 0.05) is 44.2 Å². The number of aliphatic hydroxyl groups excluding tert-OH is 1. The number of aliphatic hydroxyl groups is 1. The molecule has 0 saturated carbocycles. The van der Waals surface area contributed by atoms with E-state index in [1.807, 2.05) is 19.2 Å². The summed E-state index contributed by atoms with van der Waals surface area (Å²) in [6.07, 6.45) is 3.15. The molecule has 1 amide bonds. The molecule has 2 aromatic rings. The van der Waals surface area contributed by atoms with Gasteiger partial charge in [0.25, 0.3) is 0 Å². The number of nitrogens with zero attached hydrogens (tertiary/aromatic N) is 2. The van der Waals surface area contributed by atoms with Gasteiger partial charge in [-0.05, 0) is 18.1 Å². The average Bonchev–Trinajstić information content (AvgIpc) is 2.74. The van der Waals surface area contributed by atoms with Crippen LogP contribution in [0.3, 0.4) is 0 Å². The Bertz CT molecular complexity index is 575. The van der Waals surface area contributed by atoms with Crippen molar-refractivity contribution in [3.8, 4) is 0 Å². The monoisotopic (exact) mass is 260 g/mol. The molecule has 102 valence electrons. The van der Waals surface area contributed by atoms with Crippen molar-refractivity contribution in [3.05, 3.63) is 36.0 Å². The zero-order valence-corrected chi connectivity index (χ0v) is 11.5. The van der Waals surface area contributed by atoms with Crippen LogP contribution in [0.1, 0.15) is 12.0 Å². The van der Waals surface area contributed by atoms with Crippen LogP contribution in [-0.2, 0) is 18.3 Å². The molecule has 1 N–H and O–H groups in total. The van der Waals surface area contributed by atoms with Crippen LogP contribution in [0, 0.1) is 0 Å². The quantitative estimate of drug-likeness (QED) is 0.886. The minimum atomic E-state index is -0.0859. The highest BCUT2D eigenvalue weighted by Crippen LogP contribution is 2.20. The minimum Gasteiger partial charge on any atom is -0.396 e. The molecule has 0 aliphatic rings. The molecule has 0 atom stereocenters. The number of benzene rings is 1. The smallest absolute Gasteiger partial charge is 0.224 e. The van der Waals surface area contributed by atoms with Gasteiger partial charge in [-0.2, -0.15) is 0 Å². The van der Waals surface area contributed by atoms with E-state index in [1.54, 1.807) is 11.9 Å². The Hall–Kier alpha value is -1.81. The molecule has 1 aromatic carbocycles. The lowest BCUT2D eigenvalue weighted by Crippen LogP contribution is -2.29. The molecule has 4 nitrogen and oxygen atoms in total. The van der Waals surface area contributed by atoms with Crippen LogP contribution in [-0.4, -0.2) is 40.7 Å². The third kappa shape index (κ3) is 2.96. The Morgan fingerprint density at radius 3 is 2.84 bits per heavy atom. The molecule has 0 saturated heterocycles. The largest absolute Gasteiger partial charge is 0.396 e. The summed E-state index contributed by atoms with van der Waals surface area (Å²) in [7, 11) is 3.82. The Labute approximate surface area is 113 Å². The van der Waals surface area contributed by atoms with Crippen molar-refractivity contribution >= 4 is 16.8 Å². The summed E-state index contributed by atoms with van der Waals surface area (Å²) in [5.41, 5.74) is 2.46. The maximum Gasteiger partial charge on any atom is 0.224 e. The van der Waals surface area contributed by atoms with Gasteiger partial charge in [-0.3, -0.25) is 4.79 Å². The molecule has 1 aromatic heterocycles. The van der Waals surface area contributed by atoms with Gasteiger partial charge in [0.15, 0.2) is 0 Å². The number of carbonyl (C=O) groups excluding carboxylic acids is 1. The molecule has 2 rings (SSSR count). The van der Waals surface area contributed by atoms with E-state index in [9.17, 15) is 4.79 Å². The number of amides is 1. The number of hydrogen-bond donors (Lipinski definition) is 1. The number of likely N-dealkylation sites (N-methyl/N-ethyl adjacent to an activating group) is 1. The van der Waals surface area contributed by atoms with Gasteiger partial charge in [-0.1, -0.05) is 18.2 Å². The van der Waals surface area contributed by atoms with Gasteiger partial charge in [0.1, 0.15) is 0 Å². The maximum absolute atomic E-state index is 11.6. The van der Waals surface area contributed by atoms with Crippen molar-refractivity contribution in [2.75, 3.05) is 20.2 Å². The van der Waals surface area contributed by atoms with Crippen LogP contribution in [0.4, 0.5) is 0 Å². The van der Waals surface area contributed by atoms with Gasteiger partial charge >= 0.3 is 0 Å². The van der Waals surface area contributed by atoms with Crippen LogP contribution >= 0.6 is 0 Å². The Balaban J connectivity index is 2.08. The van der Waals surface area contributed by atoms with E-state index in [1.165, 1.54) is 16.5 Å². The summed E-state index contributed by atoms with van der Waals surface area (Å²) >= 11 is 0. The first-order valence-corrected chi connectivity index (χ1v) is 6.51.